The molecule has 156 valence electrons. The Morgan fingerprint density at radius 3 is 2.16 bits per heavy atom. The number of para-hydroxylation sites is 1. The zero-order chi connectivity index (χ0) is 21.8. The molecule has 1 N–H and O–H groups in total. The van der Waals surface area contributed by atoms with Crippen molar-refractivity contribution in [1.82, 2.24) is 5.43 Å². The van der Waals surface area contributed by atoms with E-state index in [0.717, 1.165) is 28.3 Å². The molecule has 0 fully saturated rings. The first-order chi connectivity index (χ1) is 14.9. The molecule has 0 aromatic heterocycles. The lowest BCUT2D eigenvalue weighted by Crippen LogP contribution is -2.33. The summed E-state index contributed by atoms with van der Waals surface area (Å²) in [6.07, 6.45) is 2.28. The van der Waals surface area contributed by atoms with Crippen LogP contribution in [0.25, 0.3) is 5.70 Å². The number of rotatable bonds is 4. The van der Waals surface area contributed by atoms with Crippen molar-refractivity contribution in [3.8, 4) is 17.2 Å². The van der Waals surface area contributed by atoms with Gasteiger partial charge in [-0.15, -0.1) is 5.54 Å². The number of hydrogen-bond acceptors (Lipinski definition) is 3. The summed E-state index contributed by atoms with van der Waals surface area (Å²) in [5.74, 6) is 4.19. The van der Waals surface area contributed by atoms with Crippen molar-refractivity contribution in [3.05, 3.63) is 102 Å². The molecule has 0 spiro atoms. The standard InChI is InChI=1S/C27H28N2OSi/c1-30-25-16-14-23(15-17-25)27-20-26(28-29(27)24-8-6-5-7-9-24)22-12-10-21(11-13-22)18-19-31(2,3)4/h5-17,20,27-28H,1-4H3. The van der Waals surface area contributed by atoms with E-state index in [4.69, 9.17) is 4.74 Å². The van der Waals surface area contributed by atoms with E-state index in [1.165, 1.54) is 5.56 Å². The minimum absolute atomic E-state index is 0.0784. The lowest BCUT2D eigenvalue weighted by molar-refractivity contribution is 0.414. The second-order valence-electron chi connectivity index (χ2n) is 8.69. The van der Waals surface area contributed by atoms with Crippen LogP contribution in [0.5, 0.6) is 5.75 Å². The Bertz CT molecular complexity index is 1120. The van der Waals surface area contributed by atoms with Gasteiger partial charge in [0.25, 0.3) is 0 Å². The van der Waals surface area contributed by atoms with Crippen LogP contribution in [0.1, 0.15) is 22.7 Å². The third kappa shape index (κ3) is 5.02. The maximum atomic E-state index is 5.33. The van der Waals surface area contributed by atoms with Gasteiger partial charge in [-0.25, -0.2) is 0 Å². The second kappa shape index (κ2) is 8.75. The third-order valence-corrected chi connectivity index (χ3v) is 5.99. The van der Waals surface area contributed by atoms with Crippen LogP contribution in [-0.4, -0.2) is 15.2 Å². The monoisotopic (exact) mass is 424 g/mol. The van der Waals surface area contributed by atoms with Crippen LogP contribution in [0.4, 0.5) is 5.69 Å². The molecule has 1 heterocycles. The fourth-order valence-corrected chi connectivity index (χ4v) is 4.00. The van der Waals surface area contributed by atoms with Gasteiger partial charge in [0.15, 0.2) is 0 Å². The highest BCUT2D eigenvalue weighted by Crippen LogP contribution is 2.35. The Morgan fingerprint density at radius 1 is 0.871 bits per heavy atom. The molecular weight excluding hydrogens is 396 g/mol. The van der Waals surface area contributed by atoms with E-state index >= 15 is 0 Å². The van der Waals surface area contributed by atoms with Crippen LogP contribution in [0, 0.1) is 11.5 Å². The van der Waals surface area contributed by atoms with E-state index in [-0.39, 0.29) is 6.04 Å². The smallest absolute Gasteiger partial charge is 0.129 e. The predicted octanol–water partition coefficient (Wildman–Crippen LogP) is 6.03. The molecule has 1 atom stereocenters. The zero-order valence-electron chi connectivity index (χ0n) is 18.5. The topological polar surface area (TPSA) is 24.5 Å². The van der Waals surface area contributed by atoms with Crippen molar-refractivity contribution in [1.29, 1.82) is 0 Å². The molecule has 1 aliphatic heterocycles. The molecule has 4 heteroatoms. The van der Waals surface area contributed by atoms with Gasteiger partial charge in [-0.2, -0.15) is 0 Å². The summed E-state index contributed by atoms with van der Waals surface area (Å²) in [7, 11) is 0.313. The van der Waals surface area contributed by atoms with Gasteiger partial charge in [-0.1, -0.05) is 68.0 Å². The van der Waals surface area contributed by atoms with Crippen LogP contribution >= 0.6 is 0 Å². The minimum atomic E-state index is -1.38. The second-order valence-corrected chi connectivity index (χ2v) is 13.4. The summed E-state index contributed by atoms with van der Waals surface area (Å²) in [6.45, 7) is 6.79. The molecule has 0 saturated heterocycles. The number of nitrogens with one attached hydrogen (secondary N) is 1. The van der Waals surface area contributed by atoms with Crippen molar-refractivity contribution in [3.63, 3.8) is 0 Å². The molecular formula is C27H28N2OSi. The van der Waals surface area contributed by atoms with Gasteiger partial charge in [0.2, 0.25) is 0 Å². The molecule has 1 unspecified atom stereocenters. The molecule has 3 aromatic carbocycles. The van der Waals surface area contributed by atoms with Crippen molar-refractivity contribution in [2.75, 3.05) is 12.1 Å². The molecule has 3 nitrogen and oxygen atoms in total. The minimum Gasteiger partial charge on any atom is -0.497 e. The third-order valence-electron chi connectivity index (χ3n) is 5.11. The highest BCUT2D eigenvalue weighted by Gasteiger charge is 2.27. The number of nitrogens with zero attached hydrogens (tertiary/aromatic N) is 1. The lowest BCUT2D eigenvalue weighted by atomic mass is 10.0. The molecule has 0 amide bonds. The van der Waals surface area contributed by atoms with Gasteiger partial charge in [-0.05, 0) is 53.6 Å². The summed E-state index contributed by atoms with van der Waals surface area (Å²) >= 11 is 0. The zero-order valence-corrected chi connectivity index (χ0v) is 19.5. The molecule has 31 heavy (non-hydrogen) atoms. The van der Waals surface area contributed by atoms with Crippen molar-refractivity contribution < 1.29 is 4.74 Å². The number of ether oxygens (including phenoxy) is 1. The first-order valence-corrected chi connectivity index (χ1v) is 14.0. The Morgan fingerprint density at radius 2 is 1.55 bits per heavy atom. The van der Waals surface area contributed by atoms with Crippen molar-refractivity contribution in [2.45, 2.75) is 25.7 Å². The number of hydrogen-bond donors (Lipinski definition) is 1. The molecule has 1 aliphatic rings. The molecule has 0 aliphatic carbocycles. The van der Waals surface area contributed by atoms with E-state index in [1.54, 1.807) is 7.11 Å². The predicted molar refractivity (Wildman–Crippen MR) is 132 cm³/mol. The van der Waals surface area contributed by atoms with Crippen LogP contribution in [0.3, 0.4) is 0 Å². The fraction of sp³-hybridized carbons (Fsp3) is 0.185. The average Bonchev–Trinajstić information content (AvgIpc) is 3.24. The molecule has 3 aromatic rings. The van der Waals surface area contributed by atoms with E-state index in [9.17, 15) is 0 Å². The van der Waals surface area contributed by atoms with Crippen LogP contribution < -0.4 is 15.2 Å². The van der Waals surface area contributed by atoms with Gasteiger partial charge in [0, 0.05) is 5.56 Å². The van der Waals surface area contributed by atoms with Gasteiger partial charge in [0.1, 0.15) is 13.8 Å². The summed E-state index contributed by atoms with van der Waals surface area (Å²) < 4.78 is 5.33. The quantitative estimate of drug-likeness (QED) is 0.409. The van der Waals surface area contributed by atoms with E-state index in [0.29, 0.717) is 0 Å². The Labute approximate surface area is 186 Å². The maximum absolute atomic E-state index is 5.33. The number of anilines is 1. The molecule has 0 saturated carbocycles. The summed E-state index contributed by atoms with van der Waals surface area (Å²) in [5, 5.41) is 2.20. The van der Waals surface area contributed by atoms with Gasteiger partial charge >= 0.3 is 0 Å². The molecule has 4 rings (SSSR count). The number of methoxy groups -OCH3 is 1. The SMILES string of the molecule is COc1ccc(C2C=C(c3ccc(C#C[Si](C)(C)C)cc3)NN2c2ccccc2)cc1. The Hall–Kier alpha value is -3.42. The van der Waals surface area contributed by atoms with Gasteiger partial charge in [0.05, 0.1) is 24.5 Å². The maximum Gasteiger partial charge on any atom is 0.129 e. The number of hydrazine groups is 1. The first kappa shape index (κ1) is 20.8. The van der Waals surface area contributed by atoms with Crippen LogP contribution in [-0.2, 0) is 0 Å². The largest absolute Gasteiger partial charge is 0.497 e. The summed E-state index contributed by atoms with van der Waals surface area (Å²) in [4.78, 5) is 0. The Balaban J connectivity index is 1.65. The van der Waals surface area contributed by atoms with E-state index < -0.39 is 8.07 Å². The average molecular weight is 425 g/mol. The van der Waals surface area contributed by atoms with Gasteiger partial charge in [-0.3, -0.25) is 10.4 Å². The normalized spacial score (nSPS) is 15.5. The van der Waals surface area contributed by atoms with E-state index in [2.05, 4.69) is 108 Å². The molecule has 0 bridgehead atoms. The summed E-state index contributed by atoms with van der Waals surface area (Å²) in [6, 6.07) is 27.3. The van der Waals surface area contributed by atoms with Crippen LogP contribution in [0.2, 0.25) is 19.6 Å². The Kier molecular flexibility index (Phi) is 5.88. The van der Waals surface area contributed by atoms with E-state index in [1.807, 2.05) is 18.2 Å². The van der Waals surface area contributed by atoms with Crippen molar-refractivity contribution in [2.24, 2.45) is 0 Å². The first-order valence-electron chi connectivity index (χ1n) is 10.5. The highest BCUT2D eigenvalue weighted by atomic mass is 28.3. The fourth-order valence-electron chi connectivity index (χ4n) is 3.48. The molecule has 0 radical (unpaired) electrons. The lowest BCUT2D eigenvalue weighted by Gasteiger charge is -2.27. The van der Waals surface area contributed by atoms with Crippen LogP contribution in [0.15, 0.2) is 84.9 Å². The van der Waals surface area contributed by atoms with Crippen molar-refractivity contribution >= 4 is 19.5 Å². The van der Waals surface area contributed by atoms with Gasteiger partial charge < -0.3 is 4.74 Å². The number of benzene rings is 3. The summed E-state index contributed by atoms with van der Waals surface area (Å²) in [5.41, 5.74) is 12.7. The highest BCUT2D eigenvalue weighted by molar-refractivity contribution is 6.83.